The molecule has 0 amide bonds. The second kappa shape index (κ2) is 4.56. The van der Waals surface area contributed by atoms with Gasteiger partial charge in [-0.15, -0.1) is 0 Å². The zero-order chi connectivity index (χ0) is 10.7. The minimum absolute atomic E-state index is 0.249. The van der Waals surface area contributed by atoms with E-state index in [1.54, 1.807) is 12.4 Å². The van der Waals surface area contributed by atoms with Crippen molar-refractivity contribution >= 4 is 5.78 Å². The summed E-state index contributed by atoms with van der Waals surface area (Å²) >= 11 is 0. The zero-order valence-corrected chi connectivity index (χ0v) is 9.15. The first kappa shape index (κ1) is 10.3. The predicted molar refractivity (Wildman–Crippen MR) is 59.7 cm³/mol. The van der Waals surface area contributed by atoms with Gasteiger partial charge in [0.2, 0.25) is 0 Å². The topological polar surface area (TPSA) is 30.0 Å². The molecule has 0 aliphatic heterocycles. The summed E-state index contributed by atoms with van der Waals surface area (Å²) in [5, 5.41) is 0. The average Bonchev–Trinajstić information content (AvgIpc) is 2.78. The van der Waals surface area contributed by atoms with Crippen LogP contribution in [0.2, 0.25) is 0 Å². The number of carbonyl (C=O) groups is 1. The van der Waals surface area contributed by atoms with Crippen LogP contribution in [0, 0.1) is 11.8 Å². The Hall–Kier alpha value is -1.18. The molecule has 0 bridgehead atoms. The van der Waals surface area contributed by atoms with E-state index in [4.69, 9.17) is 0 Å². The first-order valence-corrected chi connectivity index (χ1v) is 5.75. The Kier molecular flexibility index (Phi) is 3.14. The normalized spacial score (nSPS) is 25.4. The van der Waals surface area contributed by atoms with Crippen molar-refractivity contribution in [3.05, 3.63) is 30.1 Å². The molecule has 1 aromatic heterocycles. The van der Waals surface area contributed by atoms with Gasteiger partial charge in [0.1, 0.15) is 0 Å². The number of ketones is 1. The van der Waals surface area contributed by atoms with Gasteiger partial charge in [-0.1, -0.05) is 13.3 Å². The van der Waals surface area contributed by atoms with Gasteiger partial charge in [-0.2, -0.15) is 0 Å². The molecule has 0 spiro atoms. The Balaban J connectivity index is 2.04. The Morgan fingerprint density at radius 3 is 3.00 bits per heavy atom. The monoisotopic (exact) mass is 203 g/mol. The highest BCUT2D eigenvalue weighted by molar-refractivity contribution is 5.97. The molecule has 2 atom stereocenters. The van der Waals surface area contributed by atoms with E-state index in [-0.39, 0.29) is 5.92 Å². The summed E-state index contributed by atoms with van der Waals surface area (Å²) in [5.74, 6) is 1.30. The van der Waals surface area contributed by atoms with Gasteiger partial charge in [-0.05, 0) is 37.3 Å². The molecule has 1 saturated carbocycles. The minimum atomic E-state index is 0.249. The molecule has 1 aliphatic rings. The molecule has 1 aliphatic carbocycles. The maximum Gasteiger partial charge on any atom is 0.167 e. The molecule has 80 valence electrons. The highest BCUT2D eigenvalue weighted by Crippen LogP contribution is 2.34. The smallest absolute Gasteiger partial charge is 0.167 e. The van der Waals surface area contributed by atoms with Crippen LogP contribution in [0.15, 0.2) is 24.5 Å². The van der Waals surface area contributed by atoms with Gasteiger partial charge in [0.15, 0.2) is 5.78 Å². The third-order valence-corrected chi connectivity index (χ3v) is 3.44. The van der Waals surface area contributed by atoms with Crippen molar-refractivity contribution in [2.45, 2.75) is 32.6 Å². The van der Waals surface area contributed by atoms with Crippen LogP contribution in [-0.2, 0) is 0 Å². The van der Waals surface area contributed by atoms with Crippen molar-refractivity contribution in [2.24, 2.45) is 11.8 Å². The van der Waals surface area contributed by atoms with Gasteiger partial charge < -0.3 is 0 Å². The second-order valence-electron chi connectivity index (χ2n) is 4.39. The van der Waals surface area contributed by atoms with Crippen LogP contribution in [0.1, 0.15) is 43.0 Å². The van der Waals surface area contributed by atoms with E-state index >= 15 is 0 Å². The summed E-state index contributed by atoms with van der Waals surface area (Å²) in [5.41, 5.74) is 0.777. The van der Waals surface area contributed by atoms with Crippen molar-refractivity contribution < 1.29 is 4.79 Å². The molecular weight excluding hydrogens is 186 g/mol. The van der Waals surface area contributed by atoms with E-state index < -0.39 is 0 Å². The molecule has 0 aromatic carbocycles. The van der Waals surface area contributed by atoms with E-state index in [0.29, 0.717) is 5.78 Å². The highest BCUT2D eigenvalue weighted by Gasteiger charge is 2.29. The minimum Gasteiger partial charge on any atom is -0.294 e. The number of hydrogen-bond acceptors (Lipinski definition) is 2. The molecule has 0 N–H and O–H groups in total. The summed E-state index contributed by atoms with van der Waals surface area (Å²) in [6, 6.07) is 3.70. The van der Waals surface area contributed by atoms with E-state index in [1.165, 1.54) is 12.8 Å². The van der Waals surface area contributed by atoms with Crippen molar-refractivity contribution in [3.8, 4) is 0 Å². The zero-order valence-electron chi connectivity index (χ0n) is 9.15. The van der Waals surface area contributed by atoms with Crippen molar-refractivity contribution in [3.63, 3.8) is 0 Å². The predicted octanol–water partition coefficient (Wildman–Crippen LogP) is 3.09. The Morgan fingerprint density at radius 1 is 1.53 bits per heavy atom. The summed E-state index contributed by atoms with van der Waals surface area (Å²) in [6.45, 7) is 2.21. The number of hydrogen-bond donors (Lipinski definition) is 0. The fourth-order valence-electron chi connectivity index (χ4n) is 2.43. The lowest BCUT2D eigenvalue weighted by Crippen LogP contribution is -2.11. The molecule has 1 heterocycles. The second-order valence-corrected chi connectivity index (χ2v) is 4.39. The van der Waals surface area contributed by atoms with Gasteiger partial charge in [0.25, 0.3) is 0 Å². The first-order chi connectivity index (χ1) is 7.31. The highest BCUT2D eigenvalue weighted by atomic mass is 16.1. The van der Waals surface area contributed by atoms with E-state index in [0.717, 1.165) is 24.3 Å². The fraction of sp³-hybridized carbons (Fsp3) is 0.538. The largest absolute Gasteiger partial charge is 0.294 e. The fourth-order valence-corrected chi connectivity index (χ4v) is 2.43. The van der Waals surface area contributed by atoms with Crippen molar-refractivity contribution in [1.29, 1.82) is 0 Å². The van der Waals surface area contributed by atoms with Crippen LogP contribution in [0.3, 0.4) is 0 Å². The van der Waals surface area contributed by atoms with E-state index in [9.17, 15) is 4.79 Å². The first-order valence-electron chi connectivity index (χ1n) is 5.75. The number of rotatable bonds is 3. The number of aromatic nitrogens is 1. The number of pyridine rings is 1. The Labute approximate surface area is 90.7 Å². The number of Topliss-reactive ketones (excluding diaryl/α,β-unsaturated/α-hetero) is 1. The summed E-state index contributed by atoms with van der Waals surface area (Å²) < 4.78 is 0. The van der Waals surface area contributed by atoms with Crippen LogP contribution in [0.5, 0.6) is 0 Å². The maximum absolute atomic E-state index is 12.1. The van der Waals surface area contributed by atoms with Crippen LogP contribution in [0.25, 0.3) is 0 Å². The molecule has 2 rings (SSSR count). The van der Waals surface area contributed by atoms with Crippen LogP contribution < -0.4 is 0 Å². The third kappa shape index (κ3) is 2.25. The van der Waals surface area contributed by atoms with Gasteiger partial charge >= 0.3 is 0 Å². The number of carbonyl (C=O) groups excluding carboxylic acids is 1. The molecule has 0 saturated heterocycles. The standard InChI is InChI=1S/C13H17NO/c1-2-10-5-6-11(8-10)13(15)12-4-3-7-14-9-12/h3-4,7,9-11H,2,5-6,8H2,1H3. The maximum atomic E-state index is 12.1. The molecule has 0 radical (unpaired) electrons. The Morgan fingerprint density at radius 2 is 2.40 bits per heavy atom. The van der Waals surface area contributed by atoms with E-state index in [2.05, 4.69) is 11.9 Å². The lowest BCUT2D eigenvalue weighted by Gasteiger charge is -2.08. The van der Waals surface area contributed by atoms with Crippen molar-refractivity contribution in [1.82, 2.24) is 4.98 Å². The quantitative estimate of drug-likeness (QED) is 0.706. The molecular formula is C13H17NO. The lowest BCUT2D eigenvalue weighted by atomic mass is 9.95. The Bertz CT molecular complexity index is 334. The van der Waals surface area contributed by atoms with Gasteiger partial charge in [0.05, 0.1) is 0 Å². The molecule has 15 heavy (non-hydrogen) atoms. The van der Waals surface area contributed by atoms with Crippen LogP contribution >= 0.6 is 0 Å². The van der Waals surface area contributed by atoms with Crippen molar-refractivity contribution in [2.75, 3.05) is 0 Å². The van der Waals surface area contributed by atoms with Gasteiger partial charge in [-0.3, -0.25) is 9.78 Å². The van der Waals surface area contributed by atoms with Gasteiger partial charge in [0, 0.05) is 23.9 Å². The molecule has 2 unspecified atom stereocenters. The summed E-state index contributed by atoms with van der Waals surface area (Å²) in [6.07, 6.45) is 7.95. The summed E-state index contributed by atoms with van der Waals surface area (Å²) in [4.78, 5) is 16.1. The molecule has 1 fully saturated rings. The average molecular weight is 203 g/mol. The van der Waals surface area contributed by atoms with Crippen LogP contribution in [0.4, 0.5) is 0 Å². The summed E-state index contributed by atoms with van der Waals surface area (Å²) in [7, 11) is 0. The molecule has 1 aromatic rings. The molecule has 2 heteroatoms. The molecule has 2 nitrogen and oxygen atoms in total. The SMILES string of the molecule is CCC1CCC(C(=O)c2cccnc2)C1. The number of nitrogens with zero attached hydrogens (tertiary/aromatic N) is 1. The van der Waals surface area contributed by atoms with Crippen LogP contribution in [-0.4, -0.2) is 10.8 Å². The van der Waals surface area contributed by atoms with E-state index in [1.807, 2.05) is 12.1 Å². The lowest BCUT2D eigenvalue weighted by molar-refractivity contribution is 0.0919. The van der Waals surface area contributed by atoms with Gasteiger partial charge in [-0.25, -0.2) is 0 Å². The third-order valence-electron chi connectivity index (χ3n) is 3.44.